The summed E-state index contributed by atoms with van der Waals surface area (Å²) in [7, 11) is 4.91. The number of amides is 3. The van der Waals surface area contributed by atoms with Crippen molar-refractivity contribution >= 4 is 12.1 Å². The SMILES string of the molecule is CNCC(CCC1(OC)CCCC1)NC(=O)N1CCCC([C@@H](OCCNC(=O)OC)c2cc(F)cc(F)c2)C1. The third-order valence-corrected chi connectivity index (χ3v) is 7.92. The minimum Gasteiger partial charge on any atom is -0.453 e. The first-order valence-corrected chi connectivity index (χ1v) is 13.9. The maximum Gasteiger partial charge on any atom is 0.406 e. The lowest BCUT2D eigenvalue weighted by atomic mass is 9.88. The van der Waals surface area contributed by atoms with Gasteiger partial charge in [-0.3, -0.25) is 0 Å². The van der Waals surface area contributed by atoms with Crippen molar-refractivity contribution < 1.29 is 32.6 Å². The molecule has 3 rings (SSSR count). The Hall–Kier alpha value is -2.50. The maximum atomic E-state index is 14.1. The quantitative estimate of drug-likeness (QED) is 0.317. The van der Waals surface area contributed by atoms with Gasteiger partial charge in [0, 0.05) is 51.3 Å². The number of piperidine rings is 1. The van der Waals surface area contributed by atoms with Crippen LogP contribution >= 0.6 is 0 Å². The Kier molecular flexibility index (Phi) is 12.2. The second-order valence-electron chi connectivity index (χ2n) is 10.6. The van der Waals surface area contributed by atoms with Gasteiger partial charge in [-0.1, -0.05) is 12.8 Å². The Labute approximate surface area is 230 Å². The van der Waals surface area contributed by atoms with Crippen LogP contribution in [-0.4, -0.2) is 82.7 Å². The number of likely N-dealkylation sites (tertiary alicyclic amines) is 1. The number of methoxy groups -OCH3 is 2. The van der Waals surface area contributed by atoms with Crippen LogP contribution in [0.25, 0.3) is 0 Å². The van der Waals surface area contributed by atoms with E-state index in [1.807, 2.05) is 7.05 Å². The molecule has 39 heavy (non-hydrogen) atoms. The first-order chi connectivity index (χ1) is 18.8. The highest BCUT2D eigenvalue weighted by Crippen LogP contribution is 2.37. The number of hydrogen-bond donors (Lipinski definition) is 3. The van der Waals surface area contributed by atoms with Gasteiger partial charge in [-0.25, -0.2) is 18.4 Å². The monoisotopic (exact) mass is 554 g/mol. The molecule has 0 radical (unpaired) electrons. The number of nitrogens with zero attached hydrogens (tertiary/aromatic N) is 1. The summed E-state index contributed by atoms with van der Waals surface area (Å²) >= 11 is 0. The molecule has 1 saturated heterocycles. The maximum absolute atomic E-state index is 14.1. The van der Waals surface area contributed by atoms with Gasteiger partial charge >= 0.3 is 12.1 Å². The molecule has 2 fully saturated rings. The molecule has 0 spiro atoms. The van der Waals surface area contributed by atoms with Crippen molar-refractivity contribution in [3.63, 3.8) is 0 Å². The molecule has 1 heterocycles. The summed E-state index contributed by atoms with van der Waals surface area (Å²) in [6.07, 6.45) is 6.36. The number of carbonyl (C=O) groups excluding carboxylic acids is 2. The molecule has 3 atom stereocenters. The van der Waals surface area contributed by atoms with E-state index in [4.69, 9.17) is 9.47 Å². The molecule has 2 aliphatic rings. The predicted octanol–water partition coefficient (Wildman–Crippen LogP) is 4.13. The Morgan fingerprint density at radius 1 is 1.13 bits per heavy atom. The van der Waals surface area contributed by atoms with Crippen LogP contribution in [0.5, 0.6) is 0 Å². The number of nitrogens with one attached hydrogen (secondary N) is 3. The van der Waals surface area contributed by atoms with Gasteiger partial charge in [0.05, 0.1) is 25.4 Å². The molecular formula is C28H44F2N4O5. The van der Waals surface area contributed by atoms with Crippen molar-refractivity contribution in [3.8, 4) is 0 Å². The molecule has 1 aromatic carbocycles. The molecule has 1 aliphatic heterocycles. The molecule has 1 saturated carbocycles. The number of likely N-dealkylation sites (N-methyl/N-ethyl adjacent to an activating group) is 1. The number of ether oxygens (including phenoxy) is 3. The average molecular weight is 555 g/mol. The van der Waals surface area contributed by atoms with Gasteiger partial charge in [0.25, 0.3) is 0 Å². The van der Waals surface area contributed by atoms with Crippen LogP contribution in [0, 0.1) is 17.6 Å². The number of hydrogen-bond acceptors (Lipinski definition) is 6. The predicted molar refractivity (Wildman–Crippen MR) is 143 cm³/mol. The minimum atomic E-state index is -0.692. The van der Waals surface area contributed by atoms with E-state index in [-0.39, 0.29) is 36.7 Å². The first kappa shape index (κ1) is 31.0. The second-order valence-corrected chi connectivity index (χ2v) is 10.6. The standard InChI is InChI=1S/C28H44F2N4O5/c1-31-18-24(8-11-28(38-3)9-4-5-10-28)33-26(35)34-13-6-7-20(19-34)25(39-14-12-32-27(36)37-2)21-15-22(29)17-23(30)16-21/h15-17,20,24-25,31H,4-14,18-19H2,1-3H3,(H,32,36)(H,33,35)/t20?,24?,25-/m1/s1. The van der Waals surface area contributed by atoms with E-state index in [0.717, 1.165) is 44.6 Å². The highest BCUT2D eigenvalue weighted by atomic mass is 19.1. The van der Waals surface area contributed by atoms with E-state index in [1.165, 1.54) is 32.1 Å². The van der Waals surface area contributed by atoms with Crippen LogP contribution in [0.3, 0.4) is 0 Å². The molecule has 9 nitrogen and oxygen atoms in total. The molecule has 2 unspecified atom stereocenters. The van der Waals surface area contributed by atoms with Gasteiger partial charge in [-0.2, -0.15) is 0 Å². The lowest BCUT2D eigenvalue weighted by Gasteiger charge is -2.38. The molecule has 1 aliphatic carbocycles. The molecule has 11 heteroatoms. The summed E-state index contributed by atoms with van der Waals surface area (Å²) < 4.78 is 44.7. The van der Waals surface area contributed by atoms with Crippen LogP contribution in [0.15, 0.2) is 18.2 Å². The molecule has 0 bridgehead atoms. The lowest BCUT2D eigenvalue weighted by molar-refractivity contribution is -0.0151. The number of carbonyl (C=O) groups is 2. The van der Waals surface area contributed by atoms with E-state index < -0.39 is 23.8 Å². The Morgan fingerprint density at radius 3 is 2.49 bits per heavy atom. The Morgan fingerprint density at radius 2 is 1.85 bits per heavy atom. The third-order valence-electron chi connectivity index (χ3n) is 7.92. The molecule has 1 aromatic rings. The van der Waals surface area contributed by atoms with Gasteiger partial charge in [-0.15, -0.1) is 0 Å². The van der Waals surface area contributed by atoms with Crippen LogP contribution in [0.2, 0.25) is 0 Å². The van der Waals surface area contributed by atoms with Crippen molar-refractivity contribution in [1.29, 1.82) is 0 Å². The summed E-state index contributed by atoms with van der Waals surface area (Å²) in [6.45, 7) is 1.90. The number of urea groups is 1. The van der Waals surface area contributed by atoms with Crippen molar-refractivity contribution in [2.45, 2.75) is 69.1 Å². The summed E-state index contributed by atoms with van der Waals surface area (Å²) in [5.41, 5.74) is 0.271. The summed E-state index contributed by atoms with van der Waals surface area (Å²) in [4.78, 5) is 26.5. The van der Waals surface area contributed by atoms with Crippen LogP contribution in [0.1, 0.15) is 63.0 Å². The largest absolute Gasteiger partial charge is 0.453 e. The zero-order chi connectivity index (χ0) is 28.3. The number of alkyl carbamates (subject to hydrolysis) is 1. The average Bonchev–Trinajstić information content (AvgIpc) is 3.40. The zero-order valence-corrected chi connectivity index (χ0v) is 23.4. The number of benzene rings is 1. The highest BCUT2D eigenvalue weighted by Gasteiger charge is 2.35. The van der Waals surface area contributed by atoms with Crippen LogP contribution < -0.4 is 16.0 Å². The smallest absolute Gasteiger partial charge is 0.406 e. The van der Waals surface area contributed by atoms with Crippen molar-refractivity contribution in [2.75, 3.05) is 54.1 Å². The second kappa shape index (κ2) is 15.3. The summed E-state index contributed by atoms with van der Waals surface area (Å²) in [5.74, 6) is -1.56. The fraction of sp³-hybridized carbons (Fsp3) is 0.714. The molecule has 3 N–H and O–H groups in total. The van der Waals surface area contributed by atoms with E-state index in [0.29, 0.717) is 25.2 Å². The third kappa shape index (κ3) is 9.29. The van der Waals surface area contributed by atoms with Gasteiger partial charge in [0.1, 0.15) is 11.6 Å². The van der Waals surface area contributed by atoms with E-state index in [9.17, 15) is 18.4 Å². The summed E-state index contributed by atoms with van der Waals surface area (Å²) in [5, 5.41) is 8.91. The van der Waals surface area contributed by atoms with Gasteiger partial charge in [0.15, 0.2) is 0 Å². The minimum absolute atomic E-state index is 0.0516. The van der Waals surface area contributed by atoms with E-state index in [2.05, 4.69) is 20.7 Å². The van der Waals surface area contributed by atoms with Crippen LogP contribution in [-0.2, 0) is 14.2 Å². The Balaban J connectivity index is 1.65. The lowest BCUT2D eigenvalue weighted by Crippen LogP contribution is -2.51. The molecule has 220 valence electrons. The highest BCUT2D eigenvalue weighted by molar-refractivity contribution is 5.74. The Bertz CT molecular complexity index is 911. The van der Waals surface area contributed by atoms with Gasteiger partial charge < -0.3 is 35.1 Å². The first-order valence-electron chi connectivity index (χ1n) is 13.9. The molecular weight excluding hydrogens is 510 g/mol. The van der Waals surface area contributed by atoms with Crippen LogP contribution in [0.4, 0.5) is 18.4 Å². The van der Waals surface area contributed by atoms with E-state index >= 15 is 0 Å². The van der Waals surface area contributed by atoms with Crippen molar-refractivity contribution in [2.24, 2.45) is 5.92 Å². The zero-order valence-electron chi connectivity index (χ0n) is 23.4. The molecule has 0 aromatic heterocycles. The molecule has 3 amide bonds. The topological polar surface area (TPSA) is 101 Å². The summed E-state index contributed by atoms with van der Waals surface area (Å²) in [6, 6.07) is 3.14. The van der Waals surface area contributed by atoms with Crippen molar-refractivity contribution in [1.82, 2.24) is 20.9 Å². The fourth-order valence-electron chi connectivity index (χ4n) is 5.85. The fourth-order valence-corrected chi connectivity index (χ4v) is 5.85. The van der Waals surface area contributed by atoms with Gasteiger partial charge in [0.2, 0.25) is 0 Å². The van der Waals surface area contributed by atoms with Gasteiger partial charge in [-0.05, 0) is 63.3 Å². The number of rotatable bonds is 13. The normalized spacial score (nSPS) is 20.3. The number of halogens is 2. The van der Waals surface area contributed by atoms with Crippen molar-refractivity contribution in [3.05, 3.63) is 35.4 Å². The van der Waals surface area contributed by atoms with E-state index in [1.54, 1.807) is 12.0 Å².